The number of aliphatic hydroxyl groups is 2. The molecule has 2 atom stereocenters. The number of fused-ring (bicyclic) bond motifs is 1. The fourth-order valence-electron chi connectivity index (χ4n) is 1.76. The van der Waals surface area contributed by atoms with Crippen LogP contribution in [0.5, 0.6) is 0 Å². The lowest BCUT2D eigenvalue weighted by molar-refractivity contribution is -0.109. The van der Waals surface area contributed by atoms with Crippen molar-refractivity contribution >= 4 is 22.5 Å². The Morgan fingerprint density at radius 2 is 2.26 bits per heavy atom. The van der Waals surface area contributed by atoms with Crippen LogP contribution in [0.3, 0.4) is 0 Å². The molecule has 0 aromatic carbocycles. The number of hydrogen-bond acceptors (Lipinski definition) is 6. The maximum absolute atomic E-state index is 10.8. The summed E-state index contributed by atoms with van der Waals surface area (Å²) in [7, 11) is 0. The Kier molecular flexibility index (Phi) is 4.52. The summed E-state index contributed by atoms with van der Waals surface area (Å²) >= 11 is 1.14. The largest absolute Gasteiger partial charge is 0.390 e. The summed E-state index contributed by atoms with van der Waals surface area (Å²) in [5, 5.41) is 20.0. The number of carbonyl (C=O) groups excluding carboxylic acids is 1. The number of imidazole rings is 1. The minimum atomic E-state index is -1.04. The van der Waals surface area contributed by atoms with Gasteiger partial charge in [-0.15, -0.1) is 0 Å². The van der Waals surface area contributed by atoms with E-state index in [2.05, 4.69) is 9.97 Å². The van der Waals surface area contributed by atoms with Gasteiger partial charge >= 0.3 is 0 Å². The summed E-state index contributed by atoms with van der Waals surface area (Å²) in [4.78, 5) is 18.8. The number of aromatic nitrogens is 3. The Labute approximate surface area is 114 Å². The van der Waals surface area contributed by atoms with Crippen molar-refractivity contribution in [1.29, 1.82) is 0 Å². The van der Waals surface area contributed by atoms with Crippen molar-refractivity contribution in [2.45, 2.75) is 25.6 Å². The molecule has 0 amide bonds. The van der Waals surface area contributed by atoms with Crippen molar-refractivity contribution in [3.63, 3.8) is 0 Å². The van der Waals surface area contributed by atoms with Crippen LogP contribution < -0.4 is 0 Å². The minimum Gasteiger partial charge on any atom is -0.390 e. The SMILES string of the molecule is CC(=O)SCCC(O)C(O)c1cnc2cnccn12. The summed E-state index contributed by atoms with van der Waals surface area (Å²) in [5.74, 6) is 0.478. The van der Waals surface area contributed by atoms with Crippen LogP contribution in [-0.2, 0) is 4.79 Å². The maximum Gasteiger partial charge on any atom is 0.185 e. The van der Waals surface area contributed by atoms with Crippen LogP contribution >= 0.6 is 11.8 Å². The van der Waals surface area contributed by atoms with E-state index in [0.29, 0.717) is 23.5 Å². The Bertz CT molecular complexity index is 572. The van der Waals surface area contributed by atoms with Crippen molar-refractivity contribution in [3.05, 3.63) is 30.5 Å². The molecule has 2 aromatic rings. The first-order chi connectivity index (χ1) is 9.09. The van der Waals surface area contributed by atoms with Gasteiger partial charge < -0.3 is 10.2 Å². The van der Waals surface area contributed by atoms with E-state index >= 15 is 0 Å². The fraction of sp³-hybridized carbons (Fsp3) is 0.417. The molecule has 6 nitrogen and oxygen atoms in total. The highest BCUT2D eigenvalue weighted by Crippen LogP contribution is 2.21. The molecule has 0 fully saturated rings. The molecule has 2 unspecified atom stereocenters. The van der Waals surface area contributed by atoms with E-state index in [9.17, 15) is 15.0 Å². The topological polar surface area (TPSA) is 87.7 Å². The van der Waals surface area contributed by atoms with E-state index in [-0.39, 0.29) is 5.12 Å². The number of aliphatic hydroxyl groups excluding tert-OH is 2. The minimum absolute atomic E-state index is 0.00238. The molecule has 0 spiro atoms. The summed E-state index contributed by atoms with van der Waals surface area (Å²) in [6.45, 7) is 1.48. The Hall–Kier alpha value is -1.44. The molecule has 2 N–H and O–H groups in total. The second-order valence-corrected chi connectivity index (χ2v) is 5.40. The summed E-state index contributed by atoms with van der Waals surface area (Å²) < 4.78 is 1.68. The first-order valence-electron chi connectivity index (χ1n) is 5.86. The average molecular weight is 281 g/mol. The lowest BCUT2D eigenvalue weighted by Gasteiger charge is -2.17. The van der Waals surface area contributed by atoms with Gasteiger partial charge in [0.2, 0.25) is 0 Å². The van der Waals surface area contributed by atoms with Crippen molar-refractivity contribution in [3.8, 4) is 0 Å². The molecule has 2 rings (SSSR count). The number of nitrogens with zero attached hydrogens (tertiary/aromatic N) is 3. The average Bonchev–Trinajstić information content (AvgIpc) is 2.81. The highest BCUT2D eigenvalue weighted by molar-refractivity contribution is 8.13. The Balaban J connectivity index is 2.06. The van der Waals surface area contributed by atoms with Gasteiger partial charge in [0.15, 0.2) is 10.8 Å². The second-order valence-electron chi connectivity index (χ2n) is 4.13. The van der Waals surface area contributed by atoms with Crippen LogP contribution in [-0.4, -0.2) is 41.6 Å². The fourth-order valence-corrected chi connectivity index (χ4v) is 2.41. The zero-order valence-electron chi connectivity index (χ0n) is 10.4. The van der Waals surface area contributed by atoms with Crippen LogP contribution in [0.4, 0.5) is 0 Å². The summed E-state index contributed by atoms with van der Waals surface area (Å²) in [6.07, 6.45) is 4.73. The lowest BCUT2D eigenvalue weighted by atomic mass is 10.1. The van der Waals surface area contributed by atoms with Gasteiger partial charge in [0.25, 0.3) is 0 Å². The van der Waals surface area contributed by atoms with Crippen LogP contribution in [0.15, 0.2) is 24.8 Å². The molecule has 2 heterocycles. The normalized spacial score (nSPS) is 14.5. The number of thioether (sulfide) groups is 1. The first-order valence-corrected chi connectivity index (χ1v) is 6.84. The van der Waals surface area contributed by atoms with E-state index in [0.717, 1.165) is 11.8 Å². The molecule has 0 radical (unpaired) electrons. The molecule has 2 aromatic heterocycles. The van der Waals surface area contributed by atoms with E-state index in [4.69, 9.17) is 0 Å². The van der Waals surface area contributed by atoms with E-state index < -0.39 is 12.2 Å². The highest BCUT2D eigenvalue weighted by atomic mass is 32.2. The molecule has 0 saturated carbocycles. The van der Waals surface area contributed by atoms with E-state index in [1.165, 1.54) is 13.1 Å². The van der Waals surface area contributed by atoms with Crippen LogP contribution in [0.2, 0.25) is 0 Å². The van der Waals surface area contributed by atoms with Crippen molar-refractivity contribution in [1.82, 2.24) is 14.4 Å². The van der Waals surface area contributed by atoms with Crippen LogP contribution in [0.25, 0.3) is 5.65 Å². The number of rotatable bonds is 5. The third-order valence-corrected chi connectivity index (χ3v) is 3.58. The third kappa shape index (κ3) is 3.31. The summed E-state index contributed by atoms with van der Waals surface area (Å²) in [5.41, 5.74) is 1.12. The maximum atomic E-state index is 10.8. The molecule has 19 heavy (non-hydrogen) atoms. The smallest absolute Gasteiger partial charge is 0.185 e. The monoisotopic (exact) mass is 281 g/mol. The van der Waals surface area contributed by atoms with E-state index in [1.54, 1.807) is 23.0 Å². The Morgan fingerprint density at radius 3 is 3.00 bits per heavy atom. The quantitative estimate of drug-likeness (QED) is 0.842. The number of carbonyl (C=O) groups is 1. The zero-order chi connectivity index (χ0) is 13.8. The molecular weight excluding hydrogens is 266 g/mol. The Morgan fingerprint density at radius 1 is 1.47 bits per heavy atom. The van der Waals surface area contributed by atoms with E-state index in [1.807, 2.05) is 0 Å². The summed E-state index contributed by atoms with van der Waals surface area (Å²) in [6, 6.07) is 0. The highest BCUT2D eigenvalue weighted by Gasteiger charge is 2.21. The molecular formula is C12H15N3O3S. The number of hydrogen-bond donors (Lipinski definition) is 2. The van der Waals surface area contributed by atoms with Crippen molar-refractivity contribution < 1.29 is 15.0 Å². The van der Waals surface area contributed by atoms with Gasteiger partial charge in [-0.3, -0.25) is 14.2 Å². The standard InChI is InChI=1S/C12H15N3O3S/c1-8(16)19-5-2-10(17)12(18)9-6-14-11-7-13-3-4-15(9)11/h3-4,6-7,10,12,17-18H,2,5H2,1H3. The second kappa shape index (κ2) is 6.14. The van der Waals surface area contributed by atoms with Crippen LogP contribution in [0, 0.1) is 0 Å². The van der Waals surface area contributed by atoms with Gasteiger partial charge in [-0.1, -0.05) is 11.8 Å². The van der Waals surface area contributed by atoms with Gasteiger partial charge in [0, 0.05) is 25.1 Å². The predicted molar refractivity (Wildman–Crippen MR) is 71.7 cm³/mol. The molecule has 0 aliphatic heterocycles. The zero-order valence-corrected chi connectivity index (χ0v) is 11.2. The van der Waals surface area contributed by atoms with Gasteiger partial charge in [0.05, 0.1) is 24.2 Å². The molecule has 0 aliphatic carbocycles. The third-order valence-electron chi connectivity index (χ3n) is 2.73. The van der Waals surface area contributed by atoms with Gasteiger partial charge in [0.1, 0.15) is 6.10 Å². The predicted octanol–water partition coefficient (Wildman–Crippen LogP) is 0.793. The van der Waals surface area contributed by atoms with Crippen LogP contribution in [0.1, 0.15) is 25.1 Å². The van der Waals surface area contributed by atoms with Gasteiger partial charge in [-0.2, -0.15) is 0 Å². The molecule has 102 valence electrons. The van der Waals surface area contributed by atoms with Gasteiger partial charge in [-0.05, 0) is 6.42 Å². The molecule has 7 heteroatoms. The molecule has 0 aliphatic rings. The van der Waals surface area contributed by atoms with Crippen molar-refractivity contribution in [2.24, 2.45) is 0 Å². The molecule has 0 saturated heterocycles. The lowest BCUT2D eigenvalue weighted by Crippen LogP contribution is -2.20. The molecule has 0 bridgehead atoms. The first kappa shape index (κ1) is 14.0. The van der Waals surface area contributed by atoms with Gasteiger partial charge in [-0.25, -0.2) is 4.98 Å². The van der Waals surface area contributed by atoms with Crippen molar-refractivity contribution in [2.75, 3.05) is 5.75 Å².